The number of nitrogens with zero attached hydrogens (tertiary/aromatic N) is 1. The first kappa shape index (κ1) is 12.6. The van der Waals surface area contributed by atoms with Crippen LogP contribution in [0.15, 0.2) is 65.7 Å². The molecule has 1 aliphatic heterocycles. The van der Waals surface area contributed by atoms with Gasteiger partial charge < -0.3 is 0 Å². The Morgan fingerprint density at radius 1 is 1.10 bits per heavy atom. The van der Waals surface area contributed by atoms with Crippen molar-refractivity contribution in [3.05, 3.63) is 71.9 Å². The molecule has 4 rings (SSSR count). The van der Waals surface area contributed by atoms with E-state index in [0.717, 1.165) is 27.8 Å². The van der Waals surface area contributed by atoms with Gasteiger partial charge in [0.1, 0.15) is 0 Å². The number of pyridine rings is 1. The fourth-order valence-corrected chi connectivity index (χ4v) is 4.03. The van der Waals surface area contributed by atoms with Crippen molar-refractivity contribution in [1.29, 1.82) is 0 Å². The Morgan fingerprint density at radius 2 is 2.00 bits per heavy atom. The summed E-state index contributed by atoms with van der Waals surface area (Å²) in [4.78, 5) is 18.4. The highest BCUT2D eigenvalue weighted by Gasteiger charge is 2.29. The van der Waals surface area contributed by atoms with Crippen LogP contribution in [0.25, 0.3) is 10.9 Å². The molecule has 0 N–H and O–H groups in total. The summed E-state index contributed by atoms with van der Waals surface area (Å²) < 4.78 is 0. The number of hydrogen-bond donors (Lipinski definition) is 0. The molecule has 0 saturated heterocycles. The molecule has 21 heavy (non-hydrogen) atoms. The maximum absolute atomic E-state index is 12.8. The quantitative estimate of drug-likeness (QED) is 0.659. The van der Waals surface area contributed by atoms with Crippen LogP contribution in [0.1, 0.15) is 21.8 Å². The maximum atomic E-state index is 12.8. The molecule has 0 aliphatic carbocycles. The summed E-state index contributed by atoms with van der Waals surface area (Å²) in [5, 5.41) is 1.07. The van der Waals surface area contributed by atoms with Gasteiger partial charge in [0, 0.05) is 27.8 Å². The molecule has 1 aliphatic rings. The Labute approximate surface area is 127 Å². The summed E-state index contributed by atoms with van der Waals surface area (Å²) in [7, 11) is 0. The molecule has 1 atom stereocenters. The van der Waals surface area contributed by atoms with Crippen molar-refractivity contribution in [1.82, 2.24) is 4.98 Å². The first-order valence-electron chi connectivity index (χ1n) is 6.94. The summed E-state index contributed by atoms with van der Waals surface area (Å²) in [5.41, 5.74) is 2.79. The third kappa shape index (κ3) is 2.14. The predicted molar refractivity (Wildman–Crippen MR) is 86.0 cm³/mol. The zero-order valence-corrected chi connectivity index (χ0v) is 12.1. The highest BCUT2D eigenvalue weighted by Crippen LogP contribution is 2.40. The first-order chi connectivity index (χ1) is 10.3. The Balaban J connectivity index is 1.74. The lowest BCUT2D eigenvalue weighted by atomic mass is 9.92. The molecule has 0 fully saturated rings. The highest BCUT2D eigenvalue weighted by atomic mass is 32.2. The van der Waals surface area contributed by atoms with Gasteiger partial charge in [-0.1, -0.05) is 36.4 Å². The van der Waals surface area contributed by atoms with Gasteiger partial charge in [0.2, 0.25) is 0 Å². The van der Waals surface area contributed by atoms with Gasteiger partial charge in [-0.2, -0.15) is 0 Å². The number of aromatic nitrogens is 1. The van der Waals surface area contributed by atoms with Gasteiger partial charge in [-0.3, -0.25) is 9.78 Å². The van der Waals surface area contributed by atoms with E-state index in [2.05, 4.69) is 17.1 Å². The monoisotopic (exact) mass is 291 g/mol. The summed E-state index contributed by atoms with van der Waals surface area (Å²) in [6.45, 7) is 0. The number of fused-ring (bicyclic) bond motifs is 2. The Hall–Kier alpha value is -2.13. The van der Waals surface area contributed by atoms with E-state index in [0.29, 0.717) is 0 Å². The van der Waals surface area contributed by atoms with Gasteiger partial charge in [-0.15, -0.1) is 11.8 Å². The molecule has 2 heterocycles. The third-order valence-corrected chi connectivity index (χ3v) is 5.09. The van der Waals surface area contributed by atoms with E-state index in [1.54, 1.807) is 18.0 Å². The molecule has 2 nitrogen and oxygen atoms in total. The maximum Gasteiger partial charge on any atom is 0.171 e. The SMILES string of the molecule is O=C(c1ccc2cccnc2c1)C1CSc2ccccc21. The van der Waals surface area contributed by atoms with Gasteiger partial charge in [-0.25, -0.2) is 0 Å². The van der Waals surface area contributed by atoms with Crippen molar-refractivity contribution in [2.75, 3.05) is 5.75 Å². The van der Waals surface area contributed by atoms with E-state index in [1.807, 2.05) is 42.5 Å². The summed E-state index contributed by atoms with van der Waals surface area (Å²) in [5.74, 6) is 0.991. The smallest absolute Gasteiger partial charge is 0.171 e. The first-order valence-corrected chi connectivity index (χ1v) is 7.92. The van der Waals surface area contributed by atoms with Crippen LogP contribution in [0.3, 0.4) is 0 Å². The average Bonchev–Trinajstić information content (AvgIpc) is 2.98. The lowest BCUT2D eigenvalue weighted by Crippen LogP contribution is -2.12. The number of hydrogen-bond acceptors (Lipinski definition) is 3. The van der Waals surface area contributed by atoms with Crippen molar-refractivity contribution in [2.24, 2.45) is 0 Å². The van der Waals surface area contributed by atoms with Crippen LogP contribution in [0.5, 0.6) is 0 Å². The van der Waals surface area contributed by atoms with Crippen LogP contribution < -0.4 is 0 Å². The highest BCUT2D eigenvalue weighted by molar-refractivity contribution is 7.99. The van der Waals surface area contributed by atoms with Gasteiger partial charge in [-0.05, 0) is 23.8 Å². The van der Waals surface area contributed by atoms with Crippen molar-refractivity contribution >= 4 is 28.4 Å². The zero-order valence-electron chi connectivity index (χ0n) is 11.3. The lowest BCUT2D eigenvalue weighted by molar-refractivity contribution is 0.0968. The van der Waals surface area contributed by atoms with E-state index in [9.17, 15) is 4.79 Å². The lowest BCUT2D eigenvalue weighted by Gasteiger charge is -2.10. The number of carbonyl (C=O) groups is 1. The van der Waals surface area contributed by atoms with Gasteiger partial charge in [0.15, 0.2) is 5.78 Å². The minimum atomic E-state index is -0.0348. The summed E-state index contributed by atoms with van der Waals surface area (Å²) >= 11 is 1.77. The molecular formula is C18H13NOS. The minimum Gasteiger partial charge on any atom is -0.293 e. The largest absolute Gasteiger partial charge is 0.293 e. The molecule has 102 valence electrons. The molecule has 0 saturated carbocycles. The van der Waals surface area contributed by atoms with Crippen molar-refractivity contribution in [2.45, 2.75) is 10.8 Å². The number of thioether (sulfide) groups is 1. The van der Waals surface area contributed by atoms with Gasteiger partial charge in [0.25, 0.3) is 0 Å². The predicted octanol–water partition coefficient (Wildman–Crippen LogP) is 4.31. The molecule has 0 radical (unpaired) electrons. The van der Waals surface area contributed by atoms with E-state index >= 15 is 0 Å². The fourth-order valence-electron chi connectivity index (χ4n) is 2.80. The van der Waals surface area contributed by atoms with Crippen LogP contribution in [0, 0.1) is 0 Å². The second kappa shape index (κ2) is 5.01. The van der Waals surface area contributed by atoms with Crippen LogP contribution in [0.2, 0.25) is 0 Å². The van der Waals surface area contributed by atoms with Gasteiger partial charge in [0.05, 0.1) is 11.4 Å². The zero-order chi connectivity index (χ0) is 14.2. The fraction of sp³-hybridized carbons (Fsp3) is 0.111. The van der Waals surface area contributed by atoms with Crippen LogP contribution in [0.4, 0.5) is 0 Å². The van der Waals surface area contributed by atoms with Gasteiger partial charge >= 0.3 is 0 Å². The number of benzene rings is 2. The molecule has 3 aromatic rings. The summed E-state index contributed by atoms with van der Waals surface area (Å²) in [6.07, 6.45) is 1.76. The van der Waals surface area contributed by atoms with Crippen LogP contribution >= 0.6 is 11.8 Å². The van der Waals surface area contributed by atoms with E-state index in [-0.39, 0.29) is 11.7 Å². The normalized spacial score (nSPS) is 16.9. The Kier molecular flexibility index (Phi) is 3.00. The van der Waals surface area contributed by atoms with Crippen LogP contribution in [-0.4, -0.2) is 16.5 Å². The van der Waals surface area contributed by atoms with E-state index in [4.69, 9.17) is 0 Å². The third-order valence-electron chi connectivity index (χ3n) is 3.91. The Bertz CT molecular complexity index is 843. The van der Waals surface area contributed by atoms with E-state index in [1.165, 1.54) is 4.90 Å². The molecular weight excluding hydrogens is 278 g/mol. The molecule has 0 bridgehead atoms. The minimum absolute atomic E-state index is 0.0348. The second-order valence-corrected chi connectivity index (χ2v) is 6.24. The number of rotatable bonds is 2. The number of carbonyl (C=O) groups excluding carboxylic acids is 1. The van der Waals surface area contributed by atoms with Crippen molar-refractivity contribution < 1.29 is 4.79 Å². The molecule has 0 spiro atoms. The second-order valence-electron chi connectivity index (χ2n) is 5.18. The topological polar surface area (TPSA) is 30.0 Å². The average molecular weight is 291 g/mol. The molecule has 3 heteroatoms. The van der Waals surface area contributed by atoms with Crippen molar-refractivity contribution in [3.8, 4) is 0 Å². The Morgan fingerprint density at radius 3 is 2.95 bits per heavy atom. The number of Topliss-reactive ketones (excluding diaryl/α,β-unsaturated/α-hetero) is 1. The summed E-state index contributed by atoms with van der Waals surface area (Å²) in [6, 6.07) is 17.9. The molecule has 1 unspecified atom stereocenters. The molecule has 2 aromatic carbocycles. The van der Waals surface area contributed by atoms with Crippen LogP contribution in [-0.2, 0) is 0 Å². The van der Waals surface area contributed by atoms with Crippen molar-refractivity contribution in [3.63, 3.8) is 0 Å². The molecule has 0 amide bonds. The standard InChI is InChI=1S/C18H13NOS/c20-18(15-11-21-17-6-2-1-5-14(15)17)13-8-7-12-4-3-9-19-16(12)10-13/h1-10,15H,11H2. The van der Waals surface area contributed by atoms with E-state index < -0.39 is 0 Å². The molecule has 1 aromatic heterocycles. The number of ketones is 1.